The molecule has 1 aliphatic heterocycles. The van der Waals surface area contributed by atoms with Gasteiger partial charge in [-0.25, -0.2) is 4.99 Å². The maximum absolute atomic E-state index is 11.3. The highest BCUT2D eigenvalue weighted by molar-refractivity contribution is 8.14. The lowest BCUT2D eigenvalue weighted by Gasteiger charge is -2.28. The lowest BCUT2D eigenvalue weighted by atomic mass is 10.0. The fraction of sp³-hybridized carbons (Fsp3) is 0.476. The quantitative estimate of drug-likeness (QED) is 0.462. The zero-order valence-corrected chi connectivity index (χ0v) is 17.2. The first-order valence-corrected chi connectivity index (χ1v) is 10.5. The van der Waals surface area contributed by atoms with Crippen molar-refractivity contribution in [3.63, 3.8) is 0 Å². The molecule has 1 aliphatic rings. The van der Waals surface area contributed by atoms with Crippen molar-refractivity contribution in [1.82, 2.24) is 4.90 Å². The van der Waals surface area contributed by atoms with Crippen LogP contribution in [0.2, 0.25) is 0 Å². The minimum atomic E-state index is -0.326. The summed E-state index contributed by atoms with van der Waals surface area (Å²) in [5.41, 5.74) is 0.933. The lowest BCUT2D eigenvalue weighted by molar-refractivity contribution is -0.383. The number of benzene rings is 2. The van der Waals surface area contributed by atoms with Gasteiger partial charge in [-0.1, -0.05) is 57.7 Å². The predicted octanol–water partition coefficient (Wildman–Crippen LogP) is 5.86. The number of thioether (sulfide) groups is 1. The first-order chi connectivity index (χ1) is 12.9. The van der Waals surface area contributed by atoms with Crippen LogP contribution in [-0.2, 0) is 0 Å². The Kier molecular flexibility index (Phi) is 6.05. The Morgan fingerprint density at radius 3 is 2.48 bits per heavy atom. The van der Waals surface area contributed by atoms with Crippen LogP contribution in [0.15, 0.2) is 41.4 Å². The van der Waals surface area contributed by atoms with Gasteiger partial charge < -0.3 is 4.90 Å². The summed E-state index contributed by atoms with van der Waals surface area (Å²) in [7, 11) is 0. The number of aliphatic imine (C=N–C) groups is 1. The Labute approximate surface area is 165 Å². The highest BCUT2D eigenvalue weighted by atomic mass is 32.2. The summed E-state index contributed by atoms with van der Waals surface area (Å²) in [6, 6.07) is 11.3. The van der Waals surface area contributed by atoms with Crippen LogP contribution in [0.1, 0.15) is 34.1 Å². The van der Waals surface area contributed by atoms with E-state index in [0.717, 1.165) is 35.0 Å². The molecule has 144 valence electrons. The summed E-state index contributed by atoms with van der Waals surface area (Å²) in [6.45, 7) is 9.96. The number of hydrogen-bond donors (Lipinski definition) is 0. The zero-order valence-electron chi connectivity index (χ0n) is 16.4. The summed E-state index contributed by atoms with van der Waals surface area (Å²) in [6.07, 6.45) is 1.15. The van der Waals surface area contributed by atoms with Gasteiger partial charge in [0.15, 0.2) is 5.17 Å². The molecule has 0 spiro atoms. The topological polar surface area (TPSA) is 58.7 Å². The Hall–Kier alpha value is -2.08. The summed E-state index contributed by atoms with van der Waals surface area (Å²) < 4.78 is 0. The van der Waals surface area contributed by atoms with E-state index in [-0.39, 0.29) is 10.6 Å². The Morgan fingerprint density at radius 1 is 1.15 bits per heavy atom. The Morgan fingerprint density at radius 2 is 1.85 bits per heavy atom. The Balaban J connectivity index is 2.02. The third kappa shape index (κ3) is 4.43. The molecule has 5 nitrogen and oxygen atoms in total. The molecule has 6 heteroatoms. The van der Waals surface area contributed by atoms with Gasteiger partial charge >= 0.3 is 0 Å². The van der Waals surface area contributed by atoms with Crippen LogP contribution in [0.4, 0.5) is 11.4 Å². The van der Waals surface area contributed by atoms with E-state index in [1.807, 2.05) is 18.2 Å². The number of nitro groups is 1. The number of nitrogens with zero attached hydrogens (tertiary/aromatic N) is 3. The van der Waals surface area contributed by atoms with Crippen LogP contribution in [0, 0.1) is 22.0 Å². The molecular weight excluding hydrogens is 358 g/mol. The molecule has 0 aliphatic carbocycles. The van der Waals surface area contributed by atoms with Crippen molar-refractivity contribution in [2.45, 2.75) is 40.2 Å². The SMILES string of the molecule is CC(C)C[C@H]1CSC(=Nc2ccc([N+](=O)[O-])c3ccccc23)N1CC(C)C. The Bertz CT molecular complexity index is 864. The predicted molar refractivity (Wildman–Crippen MR) is 115 cm³/mol. The molecule has 27 heavy (non-hydrogen) atoms. The first kappa shape index (κ1) is 19.7. The zero-order chi connectivity index (χ0) is 19.6. The summed E-state index contributed by atoms with van der Waals surface area (Å²) in [5.74, 6) is 2.25. The normalized spacial score (nSPS) is 19.0. The van der Waals surface area contributed by atoms with Gasteiger partial charge in [0.25, 0.3) is 5.69 Å². The fourth-order valence-electron chi connectivity index (χ4n) is 3.58. The van der Waals surface area contributed by atoms with E-state index in [9.17, 15) is 10.1 Å². The molecule has 2 aromatic carbocycles. The molecule has 1 fully saturated rings. The van der Waals surface area contributed by atoms with Gasteiger partial charge in [-0.15, -0.1) is 0 Å². The highest BCUT2D eigenvalue weighted by Gasteiger charge is 2.31. The number of hydrogen-bond acceptors (Lipinski definition) is 4. The first-order valence-electron chi connectivity index (χ1n) is 9.51. The van der Waals surface area contributed by atoms with E-state index in [1.165, 1.54) is 0 Å². The molecule has 0 N–H and O–H groups in total. The van der Waals surface area contributed by atoms with Crippen molar-refractivity contribution in [3.8, 4) is 0 Å². The van der Waals surface area contributed by atoms with Gasteiger partial charge in [0.1, 0.15) is 0 Å². The summed E-state index contributed by atoms with van der Waals surface area (Å²) in [4.78, 5) is 18.4. The minimum Gasteiger partial charge on any atom is -0.347 e. The second kappa shape index (κ2) is 8.30. The molecule has 2 aromatic rings. The van der Waals surface area contributed by atoms with Crippen molar-refractivity contribution in [2.24, 2.45) is 16.8 Å². The van der Waals surface area contributed by atoms with E-state index in [4.69, 9.17) is 4.99 Å². The van der Waals surface area contributed by atoms with Crippen LogP contribution in [0.5, 0.6) is 0 Å². The lowest BCUT2D eigenvalue weighted by Crippen LogP contribution is -2.37. The highest BCUT2D eigenvalue weighted by Crippen LogP contribution is 2.36. The van der Waals surface area contributed by atoms with E-state index in [1.54, 1.807) is 30.0 Å². The second-order valence-corrected chi connectivity index (χ2v) is 8.93. The number of rotatable bonds is 6. The van der Waals surface area contributed by atoms with E-state index >= 15 is 0 Å². The maximum atomic E-state index is 11.3. The van der Waals surface area contributed by atoms with Crippen molar-refractivity contribution in [1.29, 1.82) is 0 Å². The standard InChI is InChI=1S/C21H27N3O2S/c1-14(2)11-16-13-27-21(23(16)12-15(3)4)22-19-9-10-20(24(25)26)18-8-6-5-7-17(18)19/h5-10,14-16H,11-13H2,1-4H3/t16-/m0/s1. The van der Waals surface area contributed by atoms with E-state index < -0.39 is 0 Å². The van der Waals surface area contributed by atoms with Crippen LogP contribution in [0.3, 0.4) is 0 Å². The molecule has 0 saturated carbocycles. The van der Waals surface area contributed by atoms with Crippen LogP contribution >= 0.6 is 11.8 Å². The molecule has 0 bridgehead atoms. The molecular formula is C21H27N3O2S. The number of fused-ring (bicyclic) bond motifs is 1. The van der Waals surface area contributed by atoms with Crippen LogP contribution in [0.25, 0.3) is 10.8 Å². The molecule has 0 radical (unpaired) electrons. The van der Waals surface area contributed by atoms with Crippen molar-refractivity contribution >= 4 is 39.1 Å². The molecule has 1 heterocycles. The van der Waals surface area contributed by atoms with Gasteiger partial charge in [-0.3, -0.25) is 10.1 Å². The van der Waals surface area contributed by atoms with E-state index in [0.29, 0.717) is 23.3 Å². The van der Waals surface area contributed by atoms with Gasteiger partial charge in [-0.05, 0) is 30.4 Å². The molecule has 0 aromatic heterocycles. The minimum absolute atomic E-state index is 0.130. The maximum Gasteiger partial charge on any atom is 0.277 e. The smallest absolute Gasteiger partial charge is 0.277 e. The fourth-order valence-corrected chi connectivity index (χ4v) is 4.79. The molecule has 0 unspecified atom stereocenters. The number of non-ortho nitro benzene ring substituents is 1. The van der Waals surface area contributed by atoms with Crippen LogP contribution < -0.4 is 0 Å². The monoisotopic (exact) mass is 385 g/mol. The van der Waals surface area contributed by atoms with Gasteiger partial charge in [0, 0.05) is 29.8 Å². The largest absolute Gasteiger partial charge is 0.347 e. The van der Waals surface area contributed by atoms with E-state index in [2.05, 4.69) is 32.6 Å². The second-order valence-electron chi connectivity index (χ2n) is 7.94. The number of amidine groups is 1. The van der Waals surface area contributed by atoms with Crippen molar-refractivity contribution < 1.29 is 4.92 Å². The summed E-state index contributed by atoms with van der Waals surface area (Å²) in [5, 5.41) is 13.9. The number of nitro benzene ring substituents is 1. The molecule has 3 rings (SSSR count). The average molecular weight is 386 g/mol. The third-order valence-electron chi connectivity index (χ3n) is 4.69. The third-order valence-corrected chi connectivity index (χ3v) is 5.82. The van der Waals surface area contributed by atoms with Crippen molar-refractivity contribution in [2.75, 3.05) is 12.3 Å². The van der Waals surface area contributed by atoms with Gasteiger partial charge in [-0.2, -0.15) is 0 Å². The van der Waals surface area contributed by atoms with Gasteiger partial charge in [0.2, 0.25) is 0 Å². The molecule has 1 saturated heterocycles. The summed E-state index contributed by atoms with van der Waals surface area (Å²) >= 11 is 1.80. The molecule has 0 amide bonds. The van der Waals surface area contributed by atoms with Crippen LogP contribution in [-0.4, -0.2) is 33.3 Å². The average Bonchev–Trinajstić information content (AvgIpc) is 2.95. The van der Waals surface area contributed by atoms with Gasteiger partial charge in [0.05, 0.1) is 16.0 Å². The molecule has 1 atom stereocenters. The van der Waals surface area contributed by atoms with Crippen molar-refractivity contribution in [3.05, 3.63) is 46.5 Å².